The van der Waals surface area contributed by atoms with E-state index in [9.17, 15) is 4.79 Å². The second-order valence-corrected chi connectivity index (χ2v) is 5.89. The SMILES string of the molecule is COc1cccc(-c2nn(-c3ccc(C)cc3)cc2C(=O)N(C)OC)c1. The van der Waals surface area contributed by atoms with Crippen molar-refractivity contribution in [1.82, 2.24) is 14.8 Å². The number of hydrogen-bond acceptors (Lipinski definition) is 4. The summed E-state index contributed by atoms with van der Waals surface area (Å²) in [7, 11) is 4.63. The summed E-state index contributed by atoms with van der Waals surface area (Å²) in [5.41, 5.74) is 3.84. The zero-order valence-corrected chi connectivity index (χ0v) is 15.3. The van der Waals surface area contributed by atoms with Gasteiger partial charge < -0.3 is 4.74 Å². The van der Waals surface area contributed by atoms with Gasteiger partial charge in [-0.05, 0) is 31.2 Å². The number of hydrogen-bond donors (Lipinski definition) is 0. The molecule has 1 aromatic heterocycles. The molecule has 0 N–H and O–H groups in total. The molecule has 2 aromatic carbocycles. The number of aromatic nitrogens is 2. The van der Waals surface area contributed by atoms with Crippen molar-refractivity contribution in [3.63, 3.8) is 0 Å². The van der Waals surface area contributed by atoms with Crippen molar-refractivity contribution in [3.8, 4) is 22.7 Å². The van der Waals surface area contributed by atoms with Crippen molar-refractivity contribution in [2.45, 2.75) is 6.92 Å². The van der Waals surface area contributed by atoms with Crippen LogP contribution in [0.2, 0.25) is 0 Å². The zero-order chi connectivity index (χ0) is 18.7. The van der Waals surface area contributed by atoms with Crippen molar-refractivity contribution >= 4 is 5.91 Å². The average Bonchev–Trinajstić information content (AvgIpc) is 3.12. The molecule has 0 radical (unpaired) electrons. The lowest BCUT2D eigenvalue weighted by atomic mass is 10.1. The molecule has 0 saturated heterocycles. The van der Waals surface area contributed by atoms with Gasteiger partial charge in [0, 0.05) is 18.8 Å². The number of nitrogens with zero attached hydrogens (tertiary/aromatic N) is 3. The Morgan fingerprint density at radius 1 is 1.12 bits per heavy atom. The molecule has 0 aliphatic heterocycles. The fourth-order valence-corrected chi connectivity index (χ4v) is 2.60. The Morgan fingerprint density at radius 2 is 1.85 bits per heavy atom. The number of rotatable bonds is 5. The zero-order valence-electron chi connectivity index (χ0n) is 15.3. The molecule has 26 heavy (non-hydrogen) atoms. The third-order valence-corrected chi connectivity index (χ3v) is 4.15. The van der Waals surface area contributed by atoms with E-state index in [1.165, 1.54) is 12.2 Å². The first-order valence-electron chi connectivity index (χ1n) is 8.16. The average molecular weight is 351 g/mol. The summed E-state index contributed by atoms with van der Waals surface area (Å²) in [6.07, 6.45) is 1.72. The molecule has 0 aliphatic carbocycles. The first-order valence-corrected chi connectivity index (χ1v) is 8.16. The van der Waals surface area contributed by atoms with Crippen LogP contribution in [0.4, 0.5) is 0 Å². The quantitative estimate of drug-likeness (QED) is 0.660. The minimum Gasteiger partial charge on any atom is -0.497 e. The van der Waals surface area contributed by atoms with Crippen LogP contribution < -0.4 is 4.74 Å². The number of amides is 1. The molecule has 6 heteroatoms. The van der Waals surface area contributed by atoms with Gasteiger partial charge in [0.15, 0.2) is 0 Å². The summed E-state index contributed by atoms with van der Waals surface area (Å²) in [6.45, 7) is 2.02. The van der Waals surface area contributed by atoms with Crippen molar-refractivity contribution < 1.29 is 14.4 Å². The lowest BCUT2D eigenvalue weighted by molar-refractivity contribution is -0.0756. The summed E-state index contributed by atoms with van der Waals surface area (Å²) in [4.78, 5) is 17.8. The van der Waals surface area contributed by atoms with E-state index in [1.807, 2.05) is 55.5 Å². The second kappa shape index (κ2) is 7.41. The number of aryl methyl sites for hydroxylation is 1. The van der Waals surface area contributed by atoms with Gasteiger partial charge in [0.2, 0.25) is 0 Å². The number of benzene rings is 2. The summed E-state index contributed by atoms with van der Waals surface area (Å²) < 4.78 is 6.99. The predicted molar refractivity (Wildman–Crippen MR) is 99.4 cm³/mol. The highest BCUT2D eigenvalue weighted by molar-refractivity contribution is 5.99. The third kappa shape index (κ3) is 3.45. The van der Waals surface area contributed by atoms with E-state index in [1.54, 1.807) is 25.0 Å². The maximum atomic E-state index is 12.7. The molecule has 0 bridgehead atoms. The molecule has 1 heterocycles. The maximum Gasteiger partial charge on any atom is 0.281 e. The molecule has 0 spiro atoms. The Morgan fingerprint density at radius 3 is 2.50 bits per heavy atom. The Bertz CT molecular complexity index is 916. The molecule has 0 atom stereocenters. The molecular weight excluding hydrogens is 330 g/mol. The minimum atomic E-state index is -0.274. The number of ether oxygens (including phenoxy) is 1. The van der Waals surface area contributed by atoms with E-state index < -0.39 is 0 Å². The van der Waals surface area contributed by atoms with Gasteiger partial charge in [0.05, 0.1) is 25.5 Å². The number of carbonyl (C=O) groups excluding carboxylic acids is 1. The number of hydroxylamine groups is 2. The van der Waals surface area contributed by atoms with Crippen molar-refractivity contribution in [2.75, 3.05) is 21.3 Å². The topological polar surface area (TPSA) is 56.6 Å². The lowest BCUT2D eigenvalue weighted by Crippen LogP contribution is -2.25. The van der Waals surface area contributed by atoms with Crippen LogP contribution in [-0.4, -0.2) is 42.0 Å². The standard InChI is InChI=1S/C20H21N3O3/c1-14-8-10-16(11-9-14)23-13-18(20(24)22(2)26-4)19(21-23)15-6-5-7-17(12-15)25-3/h5-13H,1-4H3. The number of carbonyl (C=O) groups is 1. The molecule has 3 aromatic rings. The molecule has 0 unspecified atom stereocenters. The highest BCUT2D eigenvalue weighted by atomic mass is 16.7. The van der Waals surface area contributed by atoms with Crippen LogP contribution in [0, 0.1) is 6.92 Å². The molecule has 0 fully saturated rings. The van der Waals surface area contributed by atoms with E-state index in [2.05, 4.69) is 5.10 Å². The van der Waals surface area contributed by atoms with E-state index in [-0.39, 0.29) is 5.91 Å². The Kier molecular flexibility index (Phi) is 5.04. The van der Waals surface area contributed by atoms with Gasteiger partial charge >= 0.3 is 0 Å². The molecule has 6 nitrogen and oxygen atoms in total. The Hall–Kier alpha value is -3.12. The number of methoxy groups -OCH3 is 1. The van der Waals surface area contributed by atoms with Crippen LogP contribution in [0.25, 0.3) is 16.9 Å². The summed E-state index contributed by atoms with van der Waals surface area (Å²) in [5.74, 6) is 0.426. The monoisotopic (exact) mass is 351 g/mol. The molecule has 1 amide bonds. The van der Waals surface area contributed by atoms with E-state index in [0.29, 0.717) is 17.0 Å². The van der Waals surface area contributed by atoms with E-state index >= 15 is 0 Å². The molecule has 3 rings (SSSR count). The minimum absolute atomic E-state index is 0.274. The molecule has 0 aliphatic rings. The van der Waals surface area contributed by atoms with E-state index in [4.69, 9.17) is 9.57 Å². The van der Waals surface area contributed by atoms with Crippen LogP contribution in [0.3, 0.4) is 0 Å². The van der Waals surface area contributed by atoms with Crippen molar-refractivity contribution in [2.24, 2.45) is 0 Å². The van der Waals surface area contributed by atoms with Crippen LogP contribution >= 0.6 is 0 Å². The van der Waals surface area contributed by atoms with Gasteiger partial charge in [-0.15, -0.1) is 0 Å². The maximum absolute atomic E-state index is 12.7. The normalized spacial score (nSPS) is 10.6. The second-order valence-electron chi connectivity index (χ2n) is 5.89. The van der Waals surface area contributed by atoms with Gasteiger partial charge in [0.25, 0.3) is 5.91 Å². The van der Waals surface area contributed by atoms with Crippen molar-refractivity contribution in [1.29, 1.82) is 0 Å². The first kappa shape index (κ1) is 17.7. The van der Waals surface area contributed by atoms with Gasteiger partial charge in [-0.2, -0.15) is 5.10 Å². The van der Waals surface area contributed by atoms with Crippen LogP contribution in [0.1, 0.15) is 15.9 Å². The lowest BCUT2D eigenvalue weighted by Gasteiger charge is -2.13. The first-order chi connectivity index (χ1) is 12.5. The molecule has 134 valence electrons. The predicted octanol–water partition coefficient (Wildman–Crippen LogP) is 3.49. The smallest absolute Gasteiger partial charge is 0.281 e. The van der Waals surface area contributed by atoms with Crippen LogP contribution in [0.15, 0.2) is 54.7 Å². The van der Waals surface area contributed by atoms with Gasteiger partial charge in [-0.3, -0.25) is 9.63 Å². The van der Waals surface area contributed by atoms with Gasteiger partial charge in [0.1, 0.15) is 11.4 Å². The highest BCUT2D eigenvalue weighted by Crippen LogP contribution is 2.27. The summed E-state index contributed by atoms with van der Waals surface area (Å²) in [6, 6.07) is 15.4. The summed E-state index contributed by atoms with van der Waals surface area (Å²) in [5, 5.41) is 5.83. The fraction of sp³-hybridized carbons (Fsp3) is 0.200. The van der Waals surface area contributed by atoms with E-state index in [0.717, 1.165) is 16.8 Å². The van der Waals surface area contributed by atoms with Crippen molar-refractivity contribution in [3.05, 3.63) is 65.9 Å². The highest BCUT2D eigenvalue weighted by Gasteiger charge is 2.22. The Labute approximate surface area is 152 Å². The fourth-order valence-electron chi connectivity index (χ4n) is 2.60. The Balaban J connectivity index is 2.14. The molecular formula is C20H21N3O3. The van der Waals surface area contributed by atoms with Gasteiger partial charge in [-0.1, -0.05) is 29.8 Å². The largest absolute Gasteiger partial charge is 0.497 e. The van der Waals surface area contributed by atoms with Gasteiger partial charge in [-0.25, -0.2) is 9.75 Å². The van der Waals surface area contributed by atoms with Crippen LogP contribution in [0.5, 0.6) is 5.75 Å². The third-order valence-electron chi connectivity index (χ3n) is 4.15. The summed E-state index contributed by atoms with van der Waals surface area (Å²) >= 11 is 0. The molecule has 0 saturated carbocycles. The van der Waals surface area contributed by atoms with Crippen LogP contribution in [-0.2, 0) is 4.84 Å².